The van der Waals surface area contributed by atoms with Crippen LogP contribution in [0.1, 0.15) is 75.2 Å². The Kier molecular flexibility index (Phi) is 10.9. The topological polar surface area (TPSA) is 122 Å². The Morgan fingerprint density at radius 3 is 2.23 bits per heavy atom. The molecule has 1 saturated heterocycles. The lowest BCUT2D eigenvalue weighted by atomic mass is 9.99. The number of rotatable bonds is 13. The smallest absolute Gasteiger partial charge is 0.450 e. The van der Waals surface area contributed by atoms with Crippen molar-refractivity contribution in [1.82, 2.24) is 14.5 Å². The van der Waals surface area contributed by atoms with E-state index < -0.39 is 44.7 Å². The van der Waals surface area contributed by atoms with E-state index in [1.54, 1.807) is 30.3 Å². The van der Waals surface area contributed by atoms with Gasteiger partial charge in [-0.15, -0.1) is 0 Å². The second-order valence-corrected chi connectivity index (χ2v) is 14.7. The van der Waals surface area contributed by atoms with Crippen molar-refractivity contribution >= 4 is 27.5 Å². The molecule has 1 aromatic heterocycles. The van der Waals surface area contributed by atoms with Gasteiger partial charge in [0.1, 0.15) is 10.7 Å². The minimum atomic E-state index is -5.02. The first-order valence-electron chi connectivity index (χ1n) is 17.2. The fraction of sp³-hybridized carbons (Fsp3) is 0.368. The lowest BCUT2D eigenvalue weighted by Crippen LogP contribution is -2.47. The highest BCUT2D eigenvalue weighted by Crippen LogP contribution is 2.41. The number of nitrogens with zero attached hydrogens (tertiary/aromatic N) is 3. The molecule has 0 saturated carbocycles. The lowest BCUT2D eigenvalue weighted by molar-refractivity contribution is -0.155. The van der Waals surface area contributed by atoms with E-state index in [-0.39, 0.29) is 36.8 Å². The predicted octanol–water partition coefficient (Wildman–Crippen LogP) is 6.60. The third kappa shape index (κ3) is 7.64. The molecule has 1 fully saturated rings. The number of anilines is 1. The number of carbonyl (C=O) groups excluding carboxylic acids is 2. The van der Waals surface area contributed by atoms with Crippen molar-refractivity contribution in [1.29, 1.82) is 0 Å². The first kappa shape index (κ1) is 37.9. The Morgan fingerprint density at radius 2 is 1.57 bits per heavy atom. The van der Waals surface area contributed by atoms with Crippen LogP contribution in [0, 0.1) is 6.92 Å². The number of furan rings is 1. The molecule has 282 valence electrons. The number of hydrogen-bond donors (Lipinski definition) is 1. The number of carbonyl (C=O) groups is 2. The number of sulfonamides is 1. The maximum atomic E-state index is 14.4. The number of hydrogen-bond acceptors (Lipinski definition) is 9. The van der Waals surface area contributed by atoms with E-state index in [4.69, 9.17) is 9.47 Å². The van der Waals surface area contributed by atoms with Crippen molar-refractivity contribution in [2.24, 2.45) is 0 Å². The number of methoxy groups -OCH3 is 2. The van der Waals surface area contributed by atoms with Gasteiger partial charge in [0, 0.05) is 44.8 Å². The van der Waals surface area contributed by atoms with Crippen molar-refractivity contribution in [3.8, 4) is 11.5 Å². The summed E-state index contributed by atoms with van der Waals surface area (Å²) in [5.41, 5.74) is 2.95. The highest BCUT2D eigenvalue weighted by Gasteiger charge is 2.44. The first-order valence-corrected chi connectivity index (χ1v) is 18.7. The number of benzene rings is 3. The van der Waals surface area contributed by atoms with E-state index in [2.05, 4.69) is 38.0 Å². The molecule has 11 nitrogen and oxygen atoms in total. The van der Waals surface area contributed by atoms with Crippen LogP contribution in [0.5, 0.6) is 11.5 Å². The molecule has 0 radical (unpaired) electrons. The van der Waals surface area contributed by atoms with Gasteiger partial charge in [-0.3, -0.25) is 19.4 Å². The van der Waals surface area contributed by atoms with Gasteiger partial charge in [0.25, 0.3) is 11.8 Å². The molecular formula is C38H41F3N4O7S. The molecular weight excluding hydrogens is 713 g/mol. The number of imide groups is 1. The van der Waals surface area contributed by atoms with Crippen LogP contribution in [0.2, 0.25) is 0 Å². The summed E-state index contributed by atoms with van der Waals surface area (Å²) in [7, 11) is -1.70. The summed E-state index contributed by atoms with van der Waals surface area (Å²) < 4.78 is 84.3. The van der Waals surface area contributed by atoms with Gasteiger partial charge in [-0.25, -0.2) is 13.1 Å². The van der Waals surface area contributed by atoms with E-state index in [1.165, 1.54) is 31.6 Å². The zero-order valence-corrected chi connectivity index (χ0v) is 30.6. The SMILES string of the molecule is COc1ccc(C(CCCNS(=O)(=O)c2cc(C)oc2C(F)(F)F)N2C(=O)c3cccc(N4CCN([C@H](C)c5ccccc5)CC4)c3C2=O)cc1OC. The van der Waals surface area contributed by atoms with Crippen LogP contribution in [-0.2, 0) is 16.2 Å². The fourth-order valence-corrected chi connectivity index (χ4v) is 8.39. The van der Waals surface area contributed by atoms with E-state index in [0.717, 1.165) is 19.2 Å². The average molecular weight is 755 g/mol. The number of alkyl halides is 3. The van der Waals surface area contributed by atoms with Gasteiger partial charge in [-0.05, 0) is 62.1 Å². The maximum Gasteiger partial charge on any atom is 0.450 e. The molecule has 0 aliphatic carbocycles. The van der Waals surface area contributed by atoms with Crippen LogP contribution in [0.15, 0.2) is 82.1 Å². The quantitative estimate of drug-likeness (QED) is 0.119. The molecule has 3 heterocycles. The molecule has 3 aromatic carbocycles. The van der Waals surface area contributed by atoms with E-state index in [1.807, 2.05) is 24.3 Å². The highest BCUT2D eigenvalue weighted by atomic mass is 32.2. The lowest BCUT2D eigenvalue weighted by Gasteiger charge is -2.39. The standard InChI is InChI=1S/C38H41F3N4O7S/c1-24-22-33(35(52-24)38(39,40)41)53(48,49)42-17-9-14-29(27-15-16-31(50-3)32(23-27)51-4)45-36(46)28-12-8-13-30(34(28)37(45)47)44-20-18-43(19-21-44)25(2)26-10-6-5-7-11-26/h5-8,10-13,15-16,22-23,25,29,42H,9,14,17-21H2,1-4H3/t25-,29?/m1/s1. The number of halogens is 3. The molecule has 2 amide bonds. The fourth-order valence-electron chi connectivity index (χ4n) is 7.10. The Hall–Kier alpha value is -4.86. The number of aryl methyl sites for hydroxylation is 1. The van der Waals surface area contributed by atoms with E-state index >= 15 is 0 Å². The van der Waals surface area contributed by atoms with Gasteiger partial charge in [-0.2, -0.15) is 13.2 Å². The molecule has 4 aromatic rings. The molecule has 2 aliphatic heterocycles. The largest absolute Gasteiger partial charge is 0.493 e. The van der Waals surface area contributed by atoms with Crippen molar-refractivity contribution in [3.63, 3.8) is 0 Å². The van der Waals surface area contributed by atoms with Gasteiger partial charge in [0.05, 0.1) is 37.1 Å². The number of nitrogens with one attached hydrogen (secondary N) is 1. The summed E-state index contributed by atoms with van der Waals surface area (Å²) in [5.74, 6) is -2.05. The van der Waals surface area contributed by atoms with E-state index in [9.17, 15) is 31.2 Å². The molecule has 2 aliphatic rings. The highest BCUT2D eigenvalue weighted by molar-refractivity contribution is 7.89. The molecule has 1 unspecified atom stereocenters. The predicted molar refractivity (Wildman–Crippen MR) is 191 cm³/mol. The number of piperazine rings is 1. The minimum Gasteiger partial charge on any atom is -0.493 e. The van der Waals surface area contributed by atoms with Gasteiger partial charge in [-0.1, -0.05) is 42.5 Å². The van der Waals surface area contributed by atoms with Gasteiger partial charge < -0.3 is 18.8 Å². The second kappa shape index (κ2) is 15.2. The molecule has 53 heavy (non-hydrogen) atoms. The Balaban J connectivity index is 1.24. The number of amides is 2. The van der Waals surface area contributed by atoms with Crippen LogP contribution in [0.4, 0.5) is 18.9 Å². The third-order valence-electron chi connectivity index (χ3n) is 9.83. The Labute approximate surface area is 306 Å². The van der Waals surface area contributed by atoms with Crippen molar-refractivity contribution in [2.45, 2.75) is 49.8 Å². The minimum absolute atomic E-state index is 0.0538. The normalized spacial score (nSPS) is 16.5. The molecule has 2 atom stereocenters. The third-order valence-corrected chi connectivity index (χ3v) is 11.3. The van der Waals surface area contributed by atoms with Crippen molar-refractivity contribution < 1.29 is 45.1 Å². The summed E-state index contributed by atoms with van der Waals surface area (Å²) in [6.45, 7) is 5.89. The number of fused-ring (bicyclic) bond motifs is 1. The Bertz CT molecular complexity index is 2080. The number of ether oxygens (including phenoxy) is 2. The Morgan fingerprint density at radius 1 is 0.868 bits per heavy atom. The molecule has 15 heteroatoms. The van der Waals surface area contributed by atoms with Gasteiger partial charge >= 0.3 is 6.18 Å². The summed E-state index contributed by atoms with van der Waals surface area (Å²) in [6.07, 6.45) is -4.89. The van der Waals surface area contributed by atoms with Gasteiger partial charge in [0.2, 0.25) is 15.8 Å². The maximum absolute atomic E-state index is 14.4. The van der Waals surface area contributed by atoms with Crippen LogP contribution in [-0.4, -0.2) is 77.0 Å². The second-order valence-electron chi connectivity index (χ2n) is 13.0. The molecule has 0 bridgehead atoms. The summed E-state index contributed by atoms with van der Waals surface area (Å²) >= 11 is 0. The van der Waals surface area contributed by atoms with Gasteiger partial charge in [0.15, 0.2) is 11.5 Å². The van der Waals surface area contributed by atoms with Crippen LogP contribution >= 0.6 is 0 Å². The van der Waals surface area contributed by atoms with Crippen molar-refractivity contribution in [3.05, 3.63) is 107 Å². The van der Waals surface area contributed by atoms with Crippen LogP contribution < -0.4 is 19.1 Å². The van der Waals surface area contributed by atoms with Crippen LogP contribution in [0.3, 0.4) is 0 Å². The molecule has 6 rings (SSSR count). The first-order chi connectivity index (χ1) is 25.2. The van der Waals surface area contributed by atoms with Crippen molar-refractivity contribution in [2.75, 3.05) is 51.8 Å². The van der Waals surface area contributed by atoms with E-state index in [0.29, 0.717) is 41.4 Å². The molecule has 0 spiro atoms. The summed E-state index contributed by atoms with van der Waals surface area (Å²) in [4.78, 5) is 33.2. The zero-order valence-electron chi connectivity index (χ0n) is 29.8. The summed E-state index contributed by atoms with van der Waals surface area (Å²) in [5, 5.41) is 0. The molecule has 1 N–H and O–H groups in total. The average Bonchev–Trinajstić information content (AvgIpc) is 3.69. The monoisotopic (exact) mass is 754 g/mol. The zero-order chi connectivity index (χ0) is 38.1. The summed E-state index contributed by atoms with van der Waals surface area (Å²) in [6, 6.07) is 20.6. The van der Waals surface area contributed by atoms with Crippen LogP contribution in [0.25, 0.3) is 0 Å².